The van der Waals surface area contributed by atoms with Gasteiger partial charge in [0.1, 0.15) is 0 Å². The van der Waals surface area contributed by atoms with E-state index >= 15 is 0 Å². The highest BCUT2D eigenvalue weighted by molar-refractivity contribution is 7.91. The number of carbonyl (C=O) groups is 2. The number of hydrogen-bond acceptors (Lipinski definition) is 4. The fourth-order valence-electron chi connectivity index (χ4n) is 3.07. The minimum atomic E-state index is -3.04. The summed E-state index contributed by atoms with van der Waals surface area (Å²) >= 11 is 0. The van der Waals surface area contributed by atoms with E-state index in [1.807, 2.05) is 0 Å². The normalized spacial score (nSPS) is 33.2. The van der Waals surface area contributed by atoms with Crippen LogP contribution in [-0.2, 0) is 19.4 Å². The van der Waals surface area contributed by atoms with Crippen molar-refractivity contribution in [2.24, 2.45) is 11.8 Å². The topological polar surface area (TPSA) is 91.8 Å². The lowest BCUT2D eigenvalue weighted by atomic mass is 9.94. The monoisotopic (exact) mass is 289 g/mol. The minimum Gasteiger partial charge on any atom is -0.481 e. The molecule has 0 spiro atoms. The van der Waals surface area contributed by atoms with E-state index in [0.717, 1.165) is 6.42 Å². The Balaban J connectivity index is 2.05. The molecule has 1 aliphatic carbocycles. The van der Waals surface area contributed by atoms with Gasteiger partial charge >= 0.3 is 5.97 Å². The van der Waals surface area contributed by atoms with E-state index in [1.165, 1.54) is 4.90 Å². The van der Waals surface area contributed by atoms with Gasteiger partial charge in [-0.3, -0.25) is 9.59 Å². The number of carboxylic acid groups (broad SMARTS) is 1. The highest BCUT2D eigenvalue weighted by Crippen LogP contribution is 2.34. The zero-order valence-electron chi connectivity index (χ0n) is 10.9. The van der Waals surface area contributed by atoms with Gasteiger partial charge in [-0.2, -0.15) is 0 Å². The molecule has 108 valence electrons. The van der Waals surface area contributed by atoms with Crippen LogP contribution < -0.4 is 0 Å². The van der Waals surface area contributed by atoms with E-state index in [2.05, 4.69) is 0 Å². The summed E-state index contributed by atoms with van der Waals surface area (Å²) in [4.78, 5) is 24.9. The van der Waals surface area contributed by atoms with Crippen molar-refractivity contribution >= 4 is 21.7 Å². The lowest BCUT2D eigenvalue weighted by Crippen LogP contribution is -2.43. The van der Waals surface area contributed by atoms with Gasteiger partial charge in [-0.05, 0) is 19.3 Å². The molecule has 2 aliphatic rings. The summed E-state index contributed by atoms with van der Waals surface area (Å²) in [6, 6.07) is -0.299. The predicted molar refractivity (Wildman–Crippen MR) is 68.3 cm³/mol. The zero-order chi connectivity index (χ0) is 14.2. The van der Waals surface area contributed by atoms with Gasteiger partial charge in [-0.1, -0.05) is 6.42 Å². The second-order valence-corrected chi connectivity index (χ2v) is 7.72. The Labute approximate surface area is 112 Å². The number of amides is 1. The molecule has 0 aromatic rings. The standard InChI is InChI=1S/C12H19NO5S/c1-13(8-5-6-19(17,18)7-8)11(14)9-3-2-4-10(9)12(15)16/h8-10H,2-7H2,1H3,(H,15,16)/t8?,9-,10+/m1/s1. The first kappa shape index (κ1) is 14.3. The molecule has 1 aliphatic heterocycles. The molecule has 1 unspecified atom stereocenters. The van der Waals surface area contributed by atoms with Crippen molar-refractivity contribution in [3.63, 3.8) is 0 Å². The van der Waals surface area contributed by atoms with Gasteiger partial charge in [0.25, 0.3) is 0 Å². The average Bonchev–Trinajstić information content (AvgIpc) is 2.93. The van der Waals surface area contributed by atoms with Crippen molar-refractivity contribution in [1.29, 1.82) is 0 Å². The van der Waals surface area contributed by atoms with Crippen molar-refractivity contribution in [2.75, 3.05) is 18.6 Å². The molecule has 6 nitrogen and oxygen atoms in total. The molecule has 0 bridgehead atoms. The molecule has 7 heteroatoms. The number of aliphatic carboxylic acids is 1. The quantitative estimate of drug-likeness (QED) is 0.797. The summed E-state index contributed by atoms with van der Waals surface area (Å²) in [5.74, 6) is -2.14. The molecule has 1 N–H and O–H groups in total. The molecule has 3 atom stereocenters. The maximum Gasteiger partial charge on any atom is 0.307 e. The lowest BCUT2D eigenvalue weighted by Gasteiger charge is -2.27. The van der Waals surface area contributed by atoms with Crippen LogP contribution in [0.2, 0.25) is 0 Å². The summed E-state index contributed by atoms with van der Waals surface area (Å²) < 4.78 is 22.9. The first-order chi connectivity index (χ1) is 8.82. The van der Waals surface area contributed by atoms with Crippen LogP contribution in [0, 0.1) is 11.8 Å². The number of sulfone groups is 1. The largest absolute Gasteiger partial charge is 0.481 e. The highest BCUT2D eigenvalue weighted by atomic mass is 32.2. The Hall–Kier alpha value is -1.11. The van der Waals surface area contributed by atoms with E-state index in [1.54, 1.807) is 7.05 Å². The third kappa shape index (κ3) is 2.91. The van der Waals surface area contributed by atoms with Gasteiger partial charge in [0.15, 0.2) is 9.84 Å². The average molecular weight is 289 g/mol. The van der Waals surface area contributed by atoms with Gasteiger partial charge in [-0.25, -0.2) is 8.42 Å². The molecule has 1 saturated carbocycles. The molecule has 0 aromatic carbocycles. The van der Waals surface area contributed by atoms with E-state index in [-0.39, 0.29) is 23.5 Å². The first-order valence-corrected chi connectivity index (χ1v) is 8.34. The van der Waals surface area contributed by atoms with Crippen LogP contribution in [0.3, 0.4) is 0 Å². The van der Waals surface area contributed by atoms with Crippen LogP contribution in [0.15, 0.2) is 0 Å². The predicted octanol–water partition coefficient (Wildman–Crippen LogP) is 0.133. The Bertz CT molecular complexity index is 486. The highest BCUT2D eigenvalue weighted by Gasteiger charge is 2.42. The van der Waals surface area contributed by atoms with E-state index in [9.17, 15) is 18.0 Å². The molecular weight excluding hydrogens is 270 g/mol. The third-order valence-corrected chi connectivity index (χ3v) is 6.00. The Morgan fingerprint density at radius 2 is 1.79 bits per heavy atom. The summed E-state index contributed by atoms with van der Waals surface area (Å²) in [5, 5.41) is 9.10. The van der Waals surface area contributed by atoms with E-state index in [0.29, 0.717) is 19.3 Å². The first-order valence-electron chi connectivity index (χ1n) is 6.52. The third-order valence-electron chi connectivity index (χ3n) is 4.25. The Morgan fingerprint density at radius 1 is 1.16 bits per heavy atom. The van der Waals surface area contributed by atoms with Gasteiger partial charge in [0, 0.05) is 13.1 Å². The second kappa shape index (κ2) is 5.11. The van der Waals surface area contributed by atoms with Crippen LogP contribution in [-0.4, -0.2) is 54.9 Å². The number of carboxylic acids is 1. The fraction of sp³-hybridized carbons (Fsp3) is 0.833. The molecule has 1 amide bonds. The van der Waals surface area contributed by atoms with Gasteiger partial charge in [-0.15, -0.1) is 0 Å². The van der Waals surface area contributed by atoms with Crippen molar-refractivity contribution in [2.45, 2.75) is 31.7 Å². The smallest absolute Gasteiger partial charge is 0.307 e. The van der Waals surface area contributed by atoms with Gasteiger partial charge < -0.3 is 10.0 Å². The van der Waals surface area contributed by atoms with Crippen LogP contribution in [0.25, 0.3) is 0 Å². The van der Waals surface area contributed by atoms with Gasteiger partial charge in [0.2, 0.25) is 5.91 Å². The maximum absolute atomic E-state index is 12.3. The molecule has 1 saturated heterocycles. The van der Waals surface area contributed by atoms with Gasteiger partial charge in [0.05, 0.1) is 23.3 Å². The number of rotatable bonds is 3. The summed E-state index contributed by atoms with van der Waals surface area (Å²) in [6.45, 7) is 0. The van der Waals surface area contributed by atoms with Crippen molar-refractivity contribution in [3.8, 4) is 0 Å². The molecule has 0 aromatic heterocycles. The second-order valence-electron chi connectivity index (χ2n) is 5.49. The number of nitrogens with zero attached hydrogens (tertiary/aromatic N) is 1. The molecule has 2 rings (SSSR count). The van der Waals surface area contributed by atoms with Crippen LogP contribution in [0.1, 0.15) is 25.7 Å². The van der Waals surface area contributed by atoms with E-state index < -0.39 is 27.6 Å². The summed E-state index contributed by atoms with van der Waals surface area (Å²) in [7, 11) is -1.45. The molecule has 19 heavy (non-hydrogen) atoms. The van der Waals surface area contributed by atoms with E-state index in [4.69, 9.17) is 5.11 Å². The fourth-order valence-corrected chi connectivity index (χ4v) is 4.85. The Kier molecular flexibility index (Phi) is 3.85. The number of carbonyl (C=O) groups excluding carboxylic acids is 1. The maximum atomic E-state index is 12.3. The van der Waals surface area contributed by atoms with Crippen molar-refractivity contribution in [3.05, 3.63) is 0 Å². The lowest BCUT2D eigenvalue weighted by molar-refractivity contribution is -0.149. The summed E-state index contributed by atoms with van der Waals surface area (Å²) in [5.41, 5.74) is 0. The minimum absolute atomic E-state index is 0.000300. The molecule has 1 heterocycles. The Morgan fingerprint density at radius 3 is 2.32 bits per heavy atom. The van der Waals surface area contributed by atoms with Crippen molar-refractivity contribution in [1.82, 2.24) is 4.90 Å². The van der Waals surface area contributed by atoms with Crippen molar-refractivity contribution < 1.29 is 23.1 Å². The molecular formula is C12H19NO5S. The number of hydrogen-bond donors (Lipinski definition) is 1. The van der Waals surface area contributed by atoms with Crippen LogP contribution >= 0.6 is 0 Å². The summed E-state index contributed by atoms with van der Waals surface area (Å²) in [6.07, 6.45) is 2.31. The molecule has 2 fully saturated rings. The SMILES string of the molecule is CN(C(=O)[C@@H]1CCC[C@@H]1C(=O)O)C1CCS(=O)(=O)C1. The zero-order valence-corrected chi connectivity index (χ0v) is 11.7. The molecule has 0 radical (unpaired) electrons. The van der Waals surface area contributed by atoms with Crippen LogP contribution in [0.5, 0.6) is 0 Å². The van der Waals surface area contributed by atoms with Crippen LogP contribution in [0.4, 0.5) is 0 Å².